The number of anilines is 1. The first kappa shape index (κ1) is 13.9. The number of aliphatic carboxylic acids is 1. The lowest BCUT2D eigenvalue weighted by molar-refractivity contribution is -0.141. The second kappa shape index (κ2) is 5.72. The second-order valence-corrected chi connectivity index (χ2v) is 5.82. The molecule has 1 unspecified atom stereocenters. The van der Waals surface area contributed by atoms with Crippen LogP contribution in [0.3, 0.4) is 0 Å². The molecule has 1 aliphatic rings. The molecule has 3 rings (SSSR count). The van der Waals surface area contributed by atoms with Gasteiger partial charge in [0.1, 0.15) is 0 Å². The zero-order valence-corrected chi connectivity index (χ0v) is 12.2. The van der Waals surface area contributed by atoms with Crippen LogP contribution in [0.25, 0.3) is 10.9 Å². The lowest BCUT2D eigenvalue weighted by Gasteiger charge is -2.18. The first-order valence-electron chi connectivity index (χ1n) is 7.51. The number of carboxylic acid groups (broad SMARTS) is 1. The van der Waals surface area contributed by atoms with E-state index >= 15 is 0 Å². The van der Waals surface area contributed by atoms with Gasteiger partial charge in [-0.3, -0.25) is 9.78 Å². The second-order valence-electron chi connectivity index (χ2n) is 5.82. The highest BCUT2D eigenvalue weighted by atomic mass is 16.4. The van der Waals surface area contributed by atoms with Crippen molar-refractivity contribution in [1.29, 1.82) is 0 Å². The molecule has 1 saturated heterocycles. The van der Waals surface area contributed by atoms with E-state index in [9.17, 15) is 4.79 Å². The highest BCUT2D eigenvalue weighted by molar-refractivity contribution is 5.83. The molecule has 2 heterocycles. The largest absolute Gasteiger partial charge is 0.481 e. The maximum absolute atomic E-state index is 10.9. The van der Waals surface area contributed by atoms with Gasteiger partial charge in [0.05, 0.1) is 11.4 Å². The molecule has 4 nitrogen and oxygen atoms in total. The standard InChI is InChI=1S/C17H20N2O2/c1-12(17(20)21)10-14-5-4-13-11-15(6-7-16(13)18-14)19-8-2-3-9-19/h4-7,11-12H,2-3,8-10H2,1H3,(H,20,21). The summed E-state index contributed by atoms with van der Waals surface area (Å²) in [5.74, 6) is -1.18. The van der Waals surface area contributed by atoms with Gasteiger partial charge in [-0.2, -0.15) is 0 Å². The van der Waals surface area contributed by atoms with Gasteiger partial charge in [-0.25, -0.2) is 0 Å². The van der Waals surface area contributed by atoms with Crippen molar-refractivity contribution < 1.29 is 9.90 Å². The number of carbonyl (C=O) groups is 1. The summed E-state index contributed by atoms with van der Waals surface area (Å²) < 4.78 is 0. The fraction of sp³-hybridized carbons (Fsp3) is 0.412. The van der Waals surface area contributed by atoms with Gasteiger partial charge in [0.25, 0.3) is 0 Å². The van der Waals surface area contributed by atoms with Gasteiger partial charge in [0.15, 0.2) is 0 Å². The van der Waals surface area contributed by atoms with Crippen molar-refractivity contribution >= 4 is 22.6 Å². The Hall–Kier alpha value is -2.10. The van der Waals surface area contributed by atoms with Crippen LogP contribution in [0.2, 0.25) is 0 Å². The number of carboxylic acids is 1. The van der Waals surface area contributed by atoms with E-state index in [4.69, 9.17) is 5.11 Å². The van der Waals surface area contributed by atoms with E-state index < -0.39 is 11.9 Å². The summed E-state index contributed by atoms with van der Waals surface area (Å²) in [5.41, 5.74) is 3.04. The fourth-order valence-electron chi connectivity index (χ4n) is 2.84. The van der Waals surface area contributed by atoms with Crippen LogP contribution in [-0.2, 0) is 11.2 Å². The maximum Gasteiger partial charge on any atom is 0.306 e. The Morgan fingerprint density at radius 2 is 2.05 bits per heavy atom. The van der Waals surface area contributed by atoms with E-state index in [1.54, 1.807) is 6.92 Å². The first-order chi connectivity index (χ1) is 10.1. The molecule has 1 aliphatic heterocycles. The van der Waals surface area contributed by atoms with Gasteiger partial charge in [-0.05, 0) is 37.1 Å². The van der Waals surface area contributed by atoms with Gasteiger partial charge in [-0.1, -0.05) is 13.0 Å². The van der Waals surface area contributed by atoms with Crippen molar-refractivity contribution in [3.05, 3.63) is 36.0 Å². The van der Waals surface area contributed by atoms with Crippen molar-refractivity contribution in [3.63, 3.8) is 0 Å². The summed E-state index contributed by atoms with van der Waals surface area (Å²) in [4.78, 5) is 17.9. The number of fused-ring (bicyclic) bond motifs is 1. The van der Waals surface area contributed by atoms with Gasteiger partial charge >= 0.3 is 5.97 Å². The van der Waals surface area contributed by atoms with Gasteiger partial charge in [0, 0.05) is 36.3 Å². The van der Waals surface area contributed by atoms with Crippen molar-refractivity contribution in [1.82, 2.24) is 4.98 Å². The highest BCUT2D eigenvalue weighted by Gasteiger charge is 2.14. The number of hydrogen-bond donors (Lipinski definition) is 1. The molecule has 0 radical (unpaired) electrons. The third kappa shape index (κ3) is 2.99. The van der Waals surface area contributed by atoms with E-state index in [1.807, 2.05) is 18.2 Å². The van der Waals surface area contributed by atoms with Crippen molar-refractivity contribution in [2.45, 2.75) is 26.2 Å². The Labute approximate surface area is 124 Å². The van der Waals surface area contributed by atoms with Crippen LogP contribution in [0.1, 0.15) is 25.5 Å². The molecule has 21 heavy (non-hydrogen) atoms. The number of benzene rings is 1. The van der Waals surface area contributed by atoms with E-state index in [0.29, 0.717) is 6.42 Å². The Morgan fingerprint density at radius 3 is 2.76 bits per heavy atom. The van der Waals surface area contributed by atoms with E-state index in [2.05, 4.69) is 22.0 Å². The summed E-state index contributed by atoms with van der Waals surface area (Å²) in [6.45, 7) is 3.98. The van der Waals surface area contributed by atoms with Crippen LogP contribution < -0.4 is 4.90 Å². The topological polar surface area (TPSA) is 53.4 Å². The number of aromatic nitrogens is 1. The molecule has 1 N–H and O–H groups in total. The quantitative estimate of drug-likeness (QED) is 0.937. The van der Waals surface area contributed by atoms with Crippen LogP contribution in [0.15, 0.2) is 30.3 Å². The molecule has 4 heteroatoms. The molecule has 2 aromatic rings. The summed E-state index contributed by atoms with van der Waals surface area (Å²) in [6.07, 6.45) is 3.00. The molecule has 1 fully saturated rings. The minimum atomic E-state index is -0.777. The summed E-state index contributed by atoms with van der Waals surface area (Å²) in [6, 6.07) is 10.3. The maximum atomic E-state index is 10.9. The molecule has 0 bridgehead atoms. The average Bonchev–Trinajstić information content (AvgIpc) is 3.00. The molecule has 1 atom stereocenters. The third-order valence-electron chi connectivity index (χ3n) is 4.14. The molecule has 0 amide bonds. The zero-order chi connectivity index (χ0) is 14.8. The average molecular weight is 284 g/mol. The van der Waals surface area contributed by atoms with Crippen LogP contribution in [0.4, 0.5) is 5.69 Å². The van der Waals surface area contributed by atoms with Crippen LogP contribution in [0.5, 0.6) is 0 Å². The Balaban J connectivity index is 1.85. The lowest BCUT2D eigenvalue weighted by atomic mass is 10.0. The summed E-state index contributed by atoms with van der Waals surface area (Å²) in [5, 5.41) is 10.1. The van der Waals surface area contributed by atoms with Crippen molar-refractivity contribution in [2.24, 2.45) is 5.92 Å². The van der Waals surface area contributed by atoms with E-state index in [0.717, 1.165) is 29.7 Å². The van der Waals surface area contributed by atoms with E-state index in [-0.39, 0.29) is 0 Å². The predicted octanol–water partition coefficient (Wildman–Crippen LogP) is 3.10. The highest BCUT2D eigenvalue weighted by Crippen LogP contribution is 2.24. The number of hydrogen-bond acceptors (Lipinski definition) is 3. The minimum Gasteiger partial charge on any atom is -0.481 e. The number of pyridine rings is 1. The van der Waals surface area contributed by atoms with Crippen LogP contribution >= 0.6 is 0 Å². The molecule has 1 aromatic carbocycles. The normalized spacial score (nSPS) is 16.3. The molecule has 1 aromatic heterocycles. The number of rotatable bonds is 4. The minimum absolute atomic E-state index is 0.404. The molecule has 0 saturated carbocycles. The van der Waals surface area contributed by atoms with Crippen molar-refractivity contribution in [2.75, 3.05) is 18.0 Å². The van der Waals surface area contributed by atoms with E-state index in [1.165, 1.54) is 18.5 Å². The smallest absolute Gasteiger partial charge is 0.306 e. The first-order valence-corrected chi connectivity index (χ1v) is 7.51. The monoisotopic (exact) mass is 284 g/mol. The molecular formula is C17H20N2O2. The van der Waals surface area contributed by atoms with Gasteiger partial charge in [-0.15, -0.1) is 0 Å². The summed E-state index contributed by atoms with van der Waals surface area (Å²) in [7, 11) is 0. The predicted molar refractivity (Wildman–Crippen MR) is 83.7 cm³/mol. The zero-order valence-electron chi connectivity index (χ0n) is 12.2. The van der Waals surface area contributed by atoms with Gasteiger partial charge in [0.2, 0.25) is 0 Å². The molecule has 110 valence electrons. The SMILES string of the molecule is CC(Cc1ccc2cc(N3CCCC3)ccc2n1)C(=O)O. The molecule has 0 aliphatic carbocycles. The molecular weight excluding hydrogens is 264 g/mol. The lowest BCUT2D eigenvalue weighted by Crippen LogP contribution is -2.17. The summed E-state index contributed by atoms with van der Waals surface area (Å²) >= 11 is 0. The van der Waals surface area contributed by atoms with Crippen molar-refractivity contribution in [3.8, 4) is 0 Å². The molecule has 0 spiro atoms. The Kier molecular flexibility index (Phi) is 3.78. The number of nitrogens with zero attached hydrogens (tertiary/aromatic N) is 2. The van der Waals surface area contributed by atoms with Crippen LogP contribution in [-0.4, -0.2) is 29.1 Å². The van der Waals surface area contributed by atoms with Gasteiger partial charge < -0.3 is 10.0 Å². The van der Waals surface area contributed by atoms with Crippen LogP contribution in [0, 0.1) is 5.92 Å². The fourth-order valence-corrected chi connectivity index (χ4v) is 2.84. The Morgan fingerprint density at radius 1 is 1.29 bits per heavy atom. The Bertz CT molecular complexity index is 663. The third-order valence-corrected chi connectivity index (χ3v) is 4.14.